The Balaban J connectivity index is 1.94. The van der Waals surface area contributed by atoms with Crippen LogP contribution in [0.4, 0.5) is 0 Å². The van der Waals surface area contributed by atoms with Crippen LogP contribution in [0.1, 0.15) is 50.0 Å². The normalized spacial score (nSPS) is 17.7. The molecule has 3 heteroatoms. The van der Waals surface area contributed by atoms with E-state index in [0.717, 1.165) is 30.1 Å². The molecule has 0 radical (unpaired) electrons. The fraction of sp³-hybridized carbons (Fsp3) is 0.533. The van der Waals surface area contributed by atoms with Gasteiger partial charge in [0, 0.05) is 5.92 Å². The Labute approximate surface area is 108 Å². The zero-order chi connectivity index (χ0) is 12.5. The average molecular weight is 244 g/mol. The van der Waals surface area contributed by atoms with Gasteiger partial charge >= 0.3 is 0 Å². The first kappa shape index (κ1) is 11.7. The summed E-state index contributed by atoms with van der Waals surface area (Å²) in [6.45, 7) is 6.47. The Morgan fingerprint density at radius 3 is 2.78 bits per heavy atom. The van der Waals surface area contributed by atoms with Crippen molar-refractivity contribution < 1.29 is 4.42 Å². The SMILES string of the molecule is CC(C)c1nc2cc(C3CCNCC3)ccc2o1. The lowest BCUT2D eigenvalue weighted by Gasteiger charge is -2.22. The molecule has 1 N–H and O–H groups in total. The Kier molecular flexibility index (Phi) is 3.08. The molecule has 1 aromatic heterocycles. The first-order valence-corrected chi connectivity index (χ1v) is 6.85. The van der Waals surface area contributed by atoms with E-state index < -0.39 is 0 Å². The Morgan fingerprint density at radius 1 is 1.28 bits per heavy atom. The lowest BCUT2D eigenvalue weighted by Crippen LogP contribution is -2.26. The molecule has 3 rings (SSSR count). The molecule has 96 valence electrons. The molecule has 3 nitrogen and oxygen atoms in total. The Bertz CT molecular complexity index is 538. The largest absolute Gasteiger partial charge is 0.440 e. The molecule has 2 aromatic rings. The summed E-state index contributed by atoms with van der Waals surface area (Å²) in [5, 5.41) is 3.41. The van der Waals surface area contributed by atoms with Gasteiger partial charge in [-0.1, -0.05) is 19.9 Å². The maximum Gasteiger partial charge on any atom is 0.198 e. The highest BCUT2D eigenvalue weighted by atomic mass is 16.3. The van der Waals surface area contributed by atoms with Crippen molar-refractivity contribution in [2.24, 2.45) is 0 Å². The van der Waals surface area contributed by atoms with Crippen molar-refractivity contribution in [3.8, 4) is 0 Å². The zero-order valence-corrected chi connectivity index (χ0v) is 11.1. The number of nitrogens with one attached hydrogen (secondary N) is 1. The van der Waals surface area contributed by atoms with Gasteiger partial charge in [0.15, 0.2) is 11.5 Å². The van der Waals surface area contributed by atoms with Crippen LogP contribution in [0.15, 0.2) is 22.6 Å². The number of benzene rings is 1. The molecule has 0 spiro atoms. The number of nitrogens with zero attached hydrogens (tertiary/aromatic N) is 1. The van der Waals surface area contributed by atoms with Gasteiger partial charge in [0.1, 0.15) is 5.52 Å². The van der Waals surface area contributed by atoms with E-state index in [2.05, 4.69) is 42.3 Å². The summed E-state index contributed by atoms with van der Waals surface area (Å²) in [6.07, 6.45) is 2.45. The molecule has 18 heavy (non-hydrogen) atoms. The van der Waals surface area contributed by atoms with Gasteiger partial charge in [-0.15, -0.1) is 0 Å². The number of oxazole rings is 1. The van der Waals surface area contributed by atoms with Crippen molar-refractivity contribution in [3.05, 3.63) is 29.7 Å². The molecule has 0 aliphatic carbocycles. The highest BCUT2D eigenvalue weighted by molar-refractivity contribution is 5.73. The van der Waals surface area contributed by atoms with E-state index in [9.17, 15) is 0 Å². The van der Waals surface area contributed by atoms with Crippen LogP contribution < -0.4 is 5.32 Å². The van der Waals surface area contributed by atoms with E-state index in [4.69, 9.17) is 4.42 Å². The van der Waals surface area contributed by atoms with E-state index >= 15 is 0 Å². The van der Waals surface area contributed by atoms with Crippen LogP contribution in [-0.2, 0) is 0 Å². The third-order valence-electron chi connectivity index (χ3n) is 3.73. The minimum Gasteiger partial charge on any atom is -0.440 e. The standard InChI is InChI=1S/C15H20N2O/c1-10(2)15-17-13-9-12(3-4-14(13)18-15)11-5-7-16-8-6-11/h3-4,9-11,16H,5-8H2,1-2H3. The van der Waals surface area contributed by atoms with Gasteiger partial charge < -0.3 is 9.73 Å². The number of piperidine rings is 1. The van der Waals surface area contributed by atoms with Crippen molar-refractivity contribution in [3.63, 3.8) is 0 Å². The van der Waals surface area contributed by atoms with Gasteiger partial charge in [-0.2, -0.15) is 0 Å². The average Bonchev–Trinajstić information content (AvgIpc) is 2.82. The maximum atomic E-state index is 5.75. The number of hydrogen-bond donors (Lipinski definition) is 1. The lowest BCUT2D eigenvalue weighted by molar-refractivity contribution is 0.460. The monoisotopic (exact) mass is 244 g/mol. The predicted octanol–water partition coefficient (Wildman–Crippen LogP) is 3.42. The molecule has 1 saturated heterocycles. The molecular weight excluding hydrogens is 224 g/mol. The summed E-state index contributed by atoms with van der Waals surface area (Å²) in [4.78, 5) is 4.59. The highest BCUT2D eigenvalue weighted by Gasteiger charge is 2.17. The second-order valence-corrected chi connectivity index (χ2v) is 5.46. The summed E-state index contributed by atoms with van der Waals surface area (Å²) < 4.78 is 5.75. The number of aromatic nitrogens is 1. The van der Waals surface area contributed by atoms with Crippen LogP contribution in [0.5, 0.6) is 0 Å². The molecule has 1 fully saturated rings. The summed E-state index contributed by atoms with van der Waals surface area (Å²) in [5.41, 5.74) is 3.33. The number of fused-ring (bicyclic) bond motifs is 1. The maximum absolute atomic E-state index is 5.75. The van der Waals surface area contributed by atoms with Gasteiger partial charge in [0.2, 0.25) is 0 Å². The fourth-order valence-electron chi connectivity index (χ4n) is 2.62. The van der Waals surface area contributed by atoms with Gasteiger partial charge in [-0.25, -0.2) is 4.98 Å². The Morgan fingerprint density at radius 2 is 2.06 bits per heavy atom. The third kappa shape index (κ3) is 2.15. The molecule has 1 aliphatic heterocycles. The quantitative estimate of drug-likeness (QED) is 0.879. The van der Waals surface area contributed by atoms with Gasteiger partial charge in [-0.05, 0) is 49.5 Å². The second kappa shape index (κ2) is 4.73. The smallest absolute Gasteiger partial charge is 0.198 e. The second-order valence-electron chi connectivity index (χ2n) is 5.46. The summed E-state index contributed by atoms with van der Waals surface area (Å²) in [7, 11) is 0. The minimum absolute atomic E-state index is 0.347. The van der Waals surface area contributed by atoms with Gasteiger partial charge in [-0.3, -0.25) is 0 Å². The van der Waals surface area contributed by atoms with Crippen molar-refractivity contribution in [1.82, 2.24) is 10.3 Å². The topological polar surface area (TPSA) is 38.1 Å². The van der Waals surface area contributed by atoms with Crippen molar-refractivity contribution in [1.29, 1.82) is 0 Å². The Hall–Kier alpha value is -1.35. The van der Waals surface area contributed by atoms with Crippen LogP contribution in [0.25, 0.3) is 11.1 Å². The summed E-state index contributed by atoms with van der Waals surface area (Å²) >= 11 is 0. The van der Waals surface area contributed by atoms with Gasteiger partial charge in [0.05, 0.1) is 0 Å². The van der Waals surface area contributed by atoms with Crippen molar-refractivity contribution >= 4 is 11.1 Å². The van der Waals surface area contributed by atoms with E-state index in [-0.39, 0.29) is 0 Å². The zero-order valence-electron chi connectivity index (χ0n) is 11.1. The number of hydrogen-bond acceptors (Lipinski definition) is 3. The predicted molar refractivity (Wildman–Crippen MR) is 72.9 cm³/mol. The molecule has 0 saturated carbocycles. The van der Waals surface area contributed by atoms with E-state index in [1.165, 1.54) is 18.4 Å². The molecule has 0 amide bonds. The van der Waals surface area contributed by atoms with Crippen LogP contribution in [-0.4, -0.2) is 18.1 Å². The molecule has 0 unspecified atom stereocenters. The molecule has 1 aliphatic rings. The lowest BCUT2D eigenvalue weighted by atomic mass is 9.90. The van der Waals surface area contributed by atoms with Gasteiger partial charge in [0.25, 0.3) is 0 Å². The van der Waals surface area contributed by atoms with E-state index in [1.807, 2.05) is 0 Å². The van der Waals surface area contributed by atoms with Crippen LogP contribution in [0, 0.1) is 0 Å². The summed E-state index contributed by atoms with van der Waals surface area (Å²) in [5.74, 6) is 1.86. The fourth-order valence-corrected chi connectivity index (χ4v) is 2.62. The molecule has 1 aromatic carbocycles. The molecular formula is C15H20N2O. The van der Waals surface area contributed by atoms with E-state index in [1.54, 1.807) is 0 Å². The van der Waals surface area contributed by atoms with Crippen LogP contribution in [0.2, 0.25) is 0 Å². The first-order valence-electron chi connectivity index (χ1n) is 6.85. The molecule has 0 bridgehead atoms. The summed E-state index contributed by atoms with van der Waals surface area (Å²) in [6, 6.07) is 6.49. The first-order chi connectivity index (χ1) is 8.74. The number of rotatable bonds is 2. The van der Waals surface area contributed by atoms with Crippen molar-refractivity contribution in [2.75, 3.05) is 13.1 Å². The van der Waals surface area contributed by atoms with Crippen LogP contribution in [0.3, 0.4) is 0 Å². The van der Waals surface area contributed by atoms with Crippen LogP contribution >= 0.6 is 0 Å². The van der Waals surface area contributed by atoms with E-state index in [0.29, 0.717) is 11.8 Å². The highest BCUT2D eigenvalue weighted by Crippen LogP contribution is 2.29. The minimum atomic E-state index is 0.347. The molecule has 2 heterocycles. The third-order valence-corrected chi connectivity index (χ3v) is 3.73. The molecule has 0 atom stereocenters. The van der Waals surface area contributed by atoms with Crippen molar-refractivity contribution in [2.45, 2.75) is 38.5 Å².